The fourth-order valence-electron chi connectivity index (χ4n) is 2.94. The molecule has 0 unspecified atom stereocenters. The second-order valence-corrected chi connectivity index (χ2v) is 7.84. The molecule has 0 fully saturated rings. The zero-order valence-electron chi connectivity index (χ0n) is 15.1. The fraction of sp³-hybridized carbons (Fsp3) is 0.0476. The number of nitrogens with one attached hydrogen (secondary N) is 1. The van der Waals surface area contributed by atoms with Crippen LogP contribution in [0.5, 0.6) is 0 Å². The summed E-state index contributed by atoms with van der Waals surface area (Å²) < 4.78 is 29.3. The summed E-state index contributed by atoms with van der Waals surface area (Å²) in [4.78, 5) is 8.81. The molecule has 28 heavy (non-hydrogen) atoms. The van der Waals surface area contributed by atoms with E-state index in [0.717, 1.165) is 27.9 Å². The largest absolute Gasteiger partial charge is 0.288 e. The maximum atomic E-state index is 12.4. The van der Waals surface area contributed by atoms with E-state index in [1.807, 2.05) is 60.0 Å². The van der Waals surface area contributed by atoms with Gasteiger partial charge in [-0.2, -0.15) is 0 Å². The summed E-state index contributed by atoms with van der Waals surface area (Å²) in [6.45, 7) is 1.95. The smallest absolute Gasteiger partial charge is 0.255 e. The van der Waals surface area contributed by atoms with Crippen molar-refractivity contribution >= 4 is 27.6 Å². The second kappa shape index (κ2) is 7.28. The first-order valence-corrected chi connectivity index (χ1v) is 10.2. The summed E-state index contributed by atoms with van der Waals surface area (Å²) in [6, 6.07) is 18.3. The molecule has 0 aliphatic rings. The van der Waals surface area contributed by atoms with Crippen molar-refractivity contribution in [1.82, 2.24) is 14.4 Å². The number of fused-ring (bicyclic) bond motifs is 1. The monoisotopic (exact) mass is 390 g/mol. The van der Waals surface area contributed by atoms with E-state index in [-0.39, 0.29) is 0 Å². The normalized spacial score (nSPS) is 11.9. The molecule has 140 valence electrons. The van der Waals surface area contributed by atoms with Gasteiger partial charge in [0.05, 0.1) is 11.1 Å². The molecule has 1 N–H and O–H groups in total. The van der Waals surface area contributed by atoms with Gasteiger partial charge in [-0.15, -0.1) is 0 Å². The van der Waals surface area contributed by atoms with Crippen molar-refractivity contribution in [2.75, 3.05) is 4.72 Å². The fourth-order valence-corrected chi connectivity index (χ4v) is 3.80. The quantitative estimate of drug-likeness (QED) is 0.556. The molecule has 0 aliphatic carbocycles. The van der Waals surface area contributed by atoms with Gasteiger partial charge in [0.15, 0.2) is 0 Å². The van der Waals surface area contributed by atoms with Crippen LogP contribution in [0.4, 0.5) is 5.69 Å². The molecule has 0 spiro atoms. The lowest BCUT2D eigenvalue weighted by Crippen LogP contribution is -2.08. The molecule has 0 atom stereocenters. The molecule has 4 rings (SSSR count). The first-order chi connectivity index (χ1) is 13.5. The van der Waals surface area contributed by atoms with Gasteiger partial charge in [-0.05, 0) is 36.8 Å². The minimum absolute atomic E-state index is 0.472. The van der Waals surface area contributed by atoms with Crippen LogP contribution in [0.1, 0.15) is 11.3 Å². The number of benzene rings is 2. The van der Waals surface area contributed by atoms with Crippen LogP contribution in [0.2, 0.25) is 0 Å². The summed E-state index contributed by atoms with van der Waals surface area (Å²) in [5.41, 5.74) is 3.80. The molecule has 0 saturated heterocycles. The Labute approximate surface area is 163 Å². The predicted octanol–water partition coefficient (Wildman–Crippen LogP) is 4.12. The van der Waals surface area contributed by atoms with Crippen molar-refractivity contribution in [2.45, 2.75) is 6.92 Å². The average Bonchev–Trinajstić information content (AvgIpc) is 3.04. The molecule has 0 radical (unpaired) electrons. The van der Waals surface area contributed by atoms with E-state index in [1.165, 1.54) is 0 Å². The van der Waals surface area contributed by atoms with Crippen LogP contribution in [-0.2, 0) is 10.0 Å². The van der Waals surface area contributed by atoms with Gasteiger partial charge >= 0.3 is 0 Å². The maximum Gasteiger partial charge on any atom is 0.255 e. The zero-order valence-corrected chi connectivity index (χ0v) is 16.0. The Morgan fingerprint density at radius 1 is 1.04 bits per heavy atom. The second-order valence-electron chi connectivity index (χ2n) is 6.28. The number of hydrogen-bond acceptors (Lipinski definition) is 4. The minimum Gasteiger partial charge on any atom is -0.288 e. The number of hydrogen-bond donors (Lipinski definition) is 1. The highest BCUT2D eigenvalue weighted by Gasteiger charge is 2.12. The molecular formula is C21H18N4O2S. The molecule has 0 amide bonds. The third-order valence-corrected chi connectivity index (χ3v) is 5.29. The van der Waals surface area contributed by atoms with Gasteiger partial charge in [0.2, 0.25) is 5.78 Å². The van der Waals surface area contributed by atoms with Crippen LogP contribution < -0.4 is 4.72 Å². The highest BCUT2D eigenvalue weighted by atomic mass is 32.2. The van der Waals surface area contributed by atoms with Crippen LogP contribution in [0.3, 0.4) is 0 Å². The lowest BCUT2D eigenvalue weighted by molar-refractivity contribution is 0.609. The van der Waals surface area contributed by atoms with Gasteiger partial charge in [0, 0.05) is 29.3 Å². The van der Waals surface area contributed by atoms with E-state index < -0.39 is 10.0 Å². The van der Waals surface area contributed by atoms with Gasteiger partial charge in [-0.1, -0.05) is 42.5 Å². The third-order valence-electron chi connectivity index (χ3n) is 4.28. The van der Waals surface area contributed by atoms with Crippen LogP contribution in [0, 0.1) is 6.92 Å². The number of aromatic nitrogens is 3. The summed E-state index contributed by atoms with van der Waals surface area (Å²) in [5, 5.41) is 1.16. The maximum absolute atomic E-state index is 12.4. The van der Waals surface area contributed by atoms with Crippen molar-refractivity contribution < 1.29 is 8.42 Å². The van der Waals surface area contributed by atoms with Crippen molar-refractivity contribution in [1.29, 1.82) is 0 Å². The summed E-state index contributed by atoms with van der Waals surface area (Å²) in [6.07, 6.45) is 5.15. The molecule has 2 heterocycles. The van der Waals surface area contributed by atoms with E-state index in [1.54, 1.807) is 30.5 Å². The number of nitrogens with zero attached hydrogens (tertiary/aromatic N) is 3. The van der Waals surface area contributed by atoms with E-state index in [9.17, 15) is 8.42 Å². The highest BCUT2D eigenvalue weighted by molar-refractivity contribution is 7.95. The predicted molar refractivity (Wildman–Crippen MR) is 111 cm³/mol. The van der Waals surface area contributed by atoms with Crippen molar-refractivity contribution in [3.05, 3.63) is 89.7 Å². The van der Waals surface area contributed by atoms with Crippen LogP contribution in [-0.4, -0.2) is 22.8 Å². The average molecular weight is 390 g/mol. The lowest BCUT2D eigenvalue weighted by atomic mass is 10.1. The van der Waals surface area contributed by atoms with E-state index in [2.05, 4.69) is 14.7 Å². The van der Waals surface area contributed by atoms with Crippen molar-refractivity contribution in [3.63, 3.8) is 0 Å². The van der Waals surface area contributed by atoms with Crippen molar-refractivity contribution in [3.8, 4) is 11.3 Å². The first kappa shape index (κ1) is 17.9. The molecule has 7 heteroatoms. The van der Waals surface area contributed by atoms with Crippen LogP contribution in [0.25, 0.3) is 23.1 Å². The molecule has 0 saturated carbocycles. The van der Waals surface area contributed by atoms with Crippen molar-refractivity contribution in [2.24, 2.45) is 0 Å². The lowest BCUT2D eigenvalue weighted by Gasteiger charge is -2.07. The Bertz CT molecular complexity index is 1260. The Hall–Kier alpha value is -3.45. The Kier molecular flexibility index (Phi) is 4.67. The molecular weight excluding hydrogens is 372 g/mol. The first-order valence-electron chi connectivity index (χ1n) is 8.68. The molecule has 4 aromatic rings. The Morgan fingerprint density at radius 2 is 1.86 bits per heavy atom. The van der Waals surface area contributed by atoms with Crippen LogP contribution >= 0.6 is 0 Å². The number of rotatable bonds is 5. The summed E-state index contributed by atoms with van der Waals surface area (Å²) in [7, 11) is -3.64. The SMILES string of the molecule is Cc1c(-c2cccc(NS(=O)(=O)/C=C/c3ccccc3)c2)nc2ncccn12. The van der Waals surface area contributed by atoms with E-state index >= 15 is 0 Å². The molecule has 6 nitrogen and oxygen atoms in total. The van der Waals surface area contributed by atoms with Gasteiger partial charge in [0.1, 0.15) is 0 Å². The topological polar surface area (TPSA) is 76.4 Å². The summed E-state index contributed by atoms with van der Waals surface area (Å²) >= 11 is 0. The minimum atomic E-state index is -3.64. The third kappa shape index (κ3) is 3.79. The molecule has 0 bridgehead atoms. The number of sulfonamides is 1. The van der Waals surface area contributed by atoms with Gasteiger partial charge in [-0.25, -0.2) is 18.4 Å². The van der Waals surface area contributed by atoms with Gasteiger partial charge in [0.25, 0.3) is 10.0 Å². The highest BCUT2D eigenvalue weighted by Crippen LogP contribution is 2.26. The van der Waals surface area contributed by atoms with Crippen LogP contribution in [0.15, 0.2) is 78.5 Å². The van der Waals surface area contributed by atoms with Gasteiger partial charge in [-0.3, -0.25) is 9.12 Å². The van der Waals surface area contributed by atoms with Gasteiger partial charge < -0.3 is 0 Å². The molecule has 0 aliphatic heterocycles. The van der Waals surface area contributed by atoms with E-state index in [0.29, 0.717) is 11.5 Å². The zero-order chi connectivity index (χ0) is 19.6. The van der Waals surface area contributed by atoms with E-state index in [4.69, 9.17) is 0 Å². The number of imidazole rings is 1. The number of anilines is 1. The molecule has 2 aromatic heterocycles. The Balaban J connectivity index is 1.62. The standard InChI is InChI=1S/C21H18N4O2S/c1-16-20(23-21-22-12-6-13-25(16)21)18-9-5-10-19(15-18)24-28(26,27)14-11-17-7-3-2-4-8-17/h2-15,24H,1H3/b14-11+. The molecule has 2 aromatic carbocycles. The summed E-state index contributed by atoms with van der Waals surface area (Å²) in [5.74, 6) is 0.603. The number of aryl methyl sites for hydroxylation is 1. The Morgan fingerprint density at radius 3 is 2.64 bits per heavy atom.